The highest BCUT2D eigenvalue weighted by Crippen LogP contribution is 2.35. The van der Waals surface area contributed by atoms with E-state index >= 15 is 0 Å². The van der Waals surface area contributed by atoms with Crippen LogP contribution in [0.4, 0.5) is 5.95 Å². The molecule has 3 atom stereocenters. The molecular weight excluding hydrogens is 254 g/mol. The van der Waals surface area contributed by atoms with Crippen molar-refractivity contribution in [1.82, 2.24) is 20.2 Å². The van der Waals surface area contributed by atoms with Gasteiger partial charge in [0.1, 0.15) is 0 Å². The number of nitrogens with zero attached hydrogens (tertiary/aromatic N) is 4. The van der Waals surface area contributed by atoms with Crippen molar-refractivity contribution in [1.29, 1.82) is 0 Å². The third-order valence-electron chi connectivity index (χ3n) is 4.17. The van der Waals surface area contributed by atoms with Crippen LogP contribution < -0.4 is 5.32 Å². The minimum Gasteiger partial charge on any atom is -0.373 e. The van der Waals surface area contributed by atoms with Crippen LogP contribution in [-0.4, -0.2) is 38.5 Å². The Morgan fingerprint density at radius 1 is 1.25 bits per heavy atom. The number of fused-ring (bicyclic) bond motifs is 2. The molecule has 2 aliphatic heterocycles. The lowest BCUT2D eigenvalue weighted by atomic mass is 9.96. The van der Waals surface area contributed by atoms with Crippen molar-refractivity contribution in [2.24, 2.45) is 0 Å². The third kappa shape index (κ3) is 1.96. The normalized spacial score (nSPS) is 27.9. The predicted octanol–water partition coefficient (Wildman–Crippen LogP) is 1.70. The van der Waals surface area contributed by atoms with Crippen LogP contribution in [0, 0.1) is 6.92 Å². The van der Waals surface area contributed by atoms with Gasteiger partial charge in [-0.3, -0.25) is 0 Å². The molecule has 1 N–H and O–H groups in total. The average Bonchev–Trinajstić information content (AvgIpc) is 3.16. The van der Waals surface area contributed by atoms with Gasteiger partial charge in [0, 0.05) is 0 Å². The highest BCUT2D eigenvalue weighted by molar-refractivity contribution is 5.40. The summed E-state index contributed by atoms with van der Waals surface area (Å²) >= 11 is 0. The molecular formula is C14H17N5O. The molecule has 20 heavy (non-hydrogen) atoms. The number of ether oxygens (including phenoxy) is 1. The van der Waals surface area contributed by atoms with E-state index in [0.29, 0.717) is 24.2 Å². The first-order valence-electron chi connectivity index (χ1n) is 7.07. The van der Waals surface area contributed by atoms with Crippen LogP contribution in [0.1, 0.15) is 24.8 Å². The average molecular weight is 271 g/mol. The Kier molecular flexibility index (Phi) is 2.70. The molecule has 1 aromatic heterocycles. The standard InChI is InChI=1S/C14H17N5O/c1-9-2-4-10(5-3-9)19-14(16-17-18-19)15-12-8-11-6-7-13(12)20-11/h2-5,11-13H,6-8H2,1H3,(H,15,16,18)/t11-,12-,13+/m1/s1. The largest absolute Gasteiger partial charge is 0.373 e. The molecule has 104 valence electrons. The maximum absolute atomic E-state index is 5.85. The van der Waals surface area contributed by atoms with Crippen LogP contribution in [0.2, 0.25) is 0 Å². The molecule has 2 bridgehead atoms. The van der Waals surface area contributed by atoms with E-state index in [-0.39, 0.29) is 0 Å². The lowest BCUT2D eigenvalue weighted by molar-refractivity contribution is 0.102. The van der Waals surface area contributed by atoms with E-state index in [1.807, 2.05) is 12.1 Å². The van der Waals surface area contributed by atoms with Gasteiger partial charge in [0.05, 0.1) is 23.9 Å². The Hall–Kier alpha value is -1.95. The molecule has 2 aliphatic rings. The van der Waals surface area contributed by atoms with Crippen molar-refractivity contribution in [3.05, 3.63) is 29.8 Å². The highest BCUT2D eigenvalue weighted by atomic mass is 16.5. The molecule has 0 radical (unpaired) electrons. The molecule has 3 heterocycles. The fourth-order valence-corrected chi connectivity index (χ4v) is 3.09. The zero-order valence-electron chi connectivity index (χ0n) is 11.4. The van der Waals surface area contributed by atoms with E-state index in [1.165, 1.54) is 12.0 Å². The lowest BCUT2D eigenvalue weighted by Crippen LogP contribution is -2.31. The second-order valence-electron chi connectivity index (χ2n) is 5.61. The summed E-state index contributed by atoms with van der Waals surface area (Å²) in [5.41, 5.74) is 2.19. The van der Waals surface area contributed by atoms with E-state index in [9.17, 15) is 0 Å². The summed E-state index contributed by atoms with van der Waals surface area (Å²) in [7, 11) is 0. The number of hydrogen-bond donors (Lipinski definition) is 1. The summed E-state index contributed by atoms with van der Waals surface area (Å²) in [5.74, 6) is 0.690. The van der Waals surface area contributed by atoms with Crippen molar-refractivity contribution in [2.45, 2.75) is 44.4 Å². The van der Waals surface area contributed by atoms with Crippen molar-refractivity contribution in [3.8, 4) is 5.69 Å². The highest BCUT2D eigenvalue weighted by Gasteiger charge is 2.41. The molecule has 0 spiro atoms. The molecule has 0 unspecified atom stereocenters. The Morgan fingerprint density at radius 2 is 2.10 bits per heavy atom. The number of aromatic nitrogens is 4. The fraction of sp³-hybridized carbons (Fsp3) is 0.500. The van der Waals surface area contributed by atoms with E-state index in [0.717, 1.165) is 18.5 Å². The summed E-state index contributed by atoms with van der Waals surface area (Å²) in [6, 6.07) is 8.48. The Bertz CT molecular complexity index is 608. The molecule has 0 saturated carbocycles. The van der Waals surface area contributed by atoms with Gasteiger partial charge in [-0.15, -0.1) is 0 Å². The Morgan fingerprint density at radius 3 is 2.80 bits per heavy atom. The van der Waals surface area contributed by atoms with Crippen LogP contribution in [0.25, 0.3) is 5.69 Å². The van der Waals surface area contributed by atoms with Crippen LogP contribution >= 0.6 is 0 Å². The number of tetrazole rings is 1. The fourth-order valence-electron chi connectivity index (χ4n) is 3.09. The molecule has 1 aromatic carbocycles. The van der Waals surface area contributed by atoms with E-state index in [2.05, 4.69) is 39.9 Å². The van der Waals surface area contributed by atoms with Crippen LogP contribution in [0.15, 0.2) is 24.3 Å². The zero-order chi connectivity index (χ0) is 13.5. The molecule has 0 aliphatic carbocycles. The van der Waals surface area contributed by atoms with Gasteiger partial charge in [0.15, 0.2) is 0 Å². The maximum Gasteiger partial charge on any atom is 0.248 e. The topological polar surface area (TPSA) is 64.9 Å². The van der Waals surface area contributed by atoms with Crippen molar-refractivity contribution >= 4 is 5.95 Å². The third-order valence-corrected chi connectivity index (χ3v) is 4.17. The molecule has 0 amide bonds. The summed E-state index contributed by atoms with van der Waals surface area (Å²) in [4.78, 5) is 0. The summed E-state index contributed by atoms with van der Waals surface area (Å²) in [5, 5.41) is 15.4. The molecule has 2 saturated heterocycles. The van der Waals surface area contributed by atoms with Crippen LogP contribution in [0.3, 0.4) is 0 Å². The van der Waals surface area contributed by atoms with E-state index < -0.39 is 0 Å². The smallest absolute Gasteiger partial charge is 0.248 e. The van der Waals surface area contributed by atoms with Gasteiger partial charge in [0.25, 0.3) is 0 Å². The van der Waals surface area contributed by atoms with E-state index in [1.54, 1.807) is 4.68 Å². The number of aryl methyl sites for hydroxylation is 1. The molecule has 2 fully saturated rings. The molecule has 6 nitrogen and oxygen atoms in total. The minimum atomic E-state index is 0.308. The van der Waals surface area contributed by atoms with Gasteiger partial charge in [-0.1, -0.05) is 22.8 Å². The Balaban J connectivity index is 1.57. The van der Waals surface area contributed by atoms with Gasteiger partial charge >= 0.3 is 0 Å². The van der Waals surface area contributed by atoms with Gasteiger partial charge < -0.3 is 10.1 Å². The monoisotopic (exact) mass is 271 g/mol. The van der Waals surface area contributed by atoms with Gasteiger partial charge in [-0.05, 0) is 48.7 Å². The number of benzene rings is 1. The predicted molar refractivity (Wildman–Crippen MR) is 73.8 cm³/mol. The van der Waals surface area contributed by atoms with Gasteiger partial charge in [-0.2, -0.15) is 4.68 Å². The zero-order valence-corrected chi connectivity index (χ0v) is 11.4. The maximum atomic E-state index is 5.85. The van der Waals surface area contributed by atoms with Crippen molar-refractivity contribution in [2.75, 3.05) is 5.32 Å². The quantitative estimate of drug-likeness (QED) is 0.920. The van der Waals surface area contributed by atoms with Crippen molar-refractivity contribution in [3.63, 3.8) is 0 Å². The first-order valence-corrected chi connectivity index (χ1v) is 7.07. The number of anilines is 1. The van der Waals surface area contributed by atoms with Gasteiger partial charge in [-0.25, -0.2) is 0 Å². The minimum absolute atomic E-state index is 0.308. The molecule has 6 heteroatoms. The number of hydrogen-bond acceptors (Lipinski definition) is 5. The summed E-state index contributed by atoms with van der Waals surface area (Å²) in [6.45, 7) is 2.06. The van der Waals surface area contributed by atoms with Crippen LogP contribution in [-0.2, 0) is 4.74 Å². The van der Waals surface area contributed by atoms with Crippen LogP contribution in [0.5, 0.6) is 0 Å². The lowest BCUT2D eigenvalue weighted by Gasteiger charge is -2.20. The molecule has 4 rings (SSSR count). The number of rotatable bonds is 3. The summed E-state index contributed by atoms with van der Waals surface area (Å²) < 4.78 is 7.60. The first-order chi connectivity index (χ1) is 9.79. The SMILES string of the molecule is Cc1ccc(-n2nnnc2N[C@@H]2C[C@H]3CC[C@@H]2O3)cc1. The Labute approximate surface area is 117 Å². The van der Waals surface area contributed by atoms with Gasteiger partial charge in [0.2, 0.25) is 5.95 Å². The molecule has 2 aromatic rings. The number of nitrogens with one attached hydrogen (secondary N) is 1. The second kappa shape index (κ2) is 4.56. The van der Waals surface area contributed by atoms with Crippen molar-refractivity contribution < 1.29 is 4.74 Å². The summed E-state index contributed by atoms with van der Waals surface area (Å²) in [6.07, 6.45) is 4.09. The second-order valence-corrected chi connectivity index (χ2v) is 5.61. The first kappa shape index (κ1) is 11.8. The van der Waals surface area contributed by atoms with E-state index in [4.69, 9.17) is 4.74 Å².